The van der Waals surface area contributed by atoms with Crippen molar-refractivity contribution in [1.82, 2.24) is 0 Å². The number of phosphoric acid groups is 1. The van der Waals surface area contributed by atoms with Crippen LogP contribution in [-0.2, 0) is 13.6 Å². The maximum absolute atomic E-state index is 10.7. The maximum atomic E-state index is 10.7. The van der Waals surface area contributed by atoms with E-state index in [-0.39, 0.29) is 6.61 Å². The zero-order chi connectivity index (χ0) is 9.83. The third-order valence-corrected chi connectivity index (χ3v) is 2.01. The SMILES string of the molecule is [CH2-]OP(=O)(O)OCC[N+](C)(C)C.[Rf]. The monoisotopic (exact) mass is 464 g/mol. The summed E-state index contributed by atoms with van der Waals surface area (Å²) >= 11 is 0. The maximum Gasteiger partial charge on any atom is 0.441 e. The zero-order valence-electron chi connectivity index (χ0n) is 8.39. The molecular formula is C6H16NO4PRf. The van der Waals surface area contributed by atoms with E-state index in [0.717, 1.165) is 0 Å². The predicted molar refractivity (Wildman–Crippen MR) is 45.1 cm³/mol. The molecule has 0 aromatic carbocycles. The van der Waals surface area contributed by atoms with Crippen LogP contribution in [0.15, 0.2) is 0 Å². The standard InChI is InChI=1S/C6H16NO4P.Rf/c1-7(2,3)5-6-11-12(8,9)10-4;/h4-6H2,1-3H3,(H,8,9);. The van der Waals surface area contributed by atoms with Crippen LogP contribution < -0.4 is 0 Å². The molecule has 0 aliphatic carbocycles. The molecule has 0 spiro atoms. The van der Waals surface area contributed by atoms with Gasteiger partial charge in [-0.1, -0.05) is 0 Å². The summed E-state index contributed by atoms with van der Waals surface area (Å²) in [6.07, 6.45) is 0. The van der Waals surface area contributed by atoms with Gasteiger partial charge < -0.3 is 13.9 Å². The summed E-state index contributed by atoms with van der Waals surface area (Å²) in [6.45, 7) is 0.806. The Morgan fingerprint density at radius 3 is 2.23 bits per heavy atom. The summed E-state index contributed by atoms with van der Waals surface area (Å²) in [4.78, 5) is 8.76. The Kier molecular flexibility index (Phi) is 5.55. The molecule has 76 valence electrons. The third-order valence-electron chi connectivity index (χ3n) is 1.18. The average Bonchev–Trinajstić information content (AvgIpc) is 1.84. The largest absolute Gasteiger partial charge is 0.467 e. The van der Waals surface area contributed by atoms with Crippen LogP contribution in [0.5, 0.6) is 0 Å². The van der Waals surface area contributed by atoms with E-state index in [0.29, 0.717) is 11.0 Å². The van der Waals surface area contributed by atoms with E-state index < -0.39 is 7.82 Å². The van der Waals surface area contributed by atoms with Gasteiger partial charge in [0.25, 0.3) is 0 Å². The van der Waals surface area contributed by atoms with Gasteiger partial charge in [-0.05, 0) is 0 Å². The van der Waals surface area contributed by atoms with Crippen LogP contribution in [-0.4, -0.2) is 43.7 Å². The summed E-state index contributed by atoms with van der Waals surface area (Å²) in [5.41, 5.74) is 0. The van der Waals surface area contributed by atoms with E-state index in [9.17, 15) is 4.57 Å². The molecule has 0 fully saturated rings. The summed E-state index contributed by atoms with van der Waals surface area (Å²) in [5.74, 6) is 0. The zero-order valence-corrected chi connectivity index (χ0v) is 15.7. The van der Waals surface area contributed by atoms with Gasteiger partial charge in [0.05, 0.1) is 21.1 Å². The molecule has 0 saturated carbocycles. The van der Waals surface area contributed by atoms with Crippen molar-refractivity contribution in [1.29, 1.82) is 0 Å². The molecule has 0 amide bonds. The summed E-state index contributed by atoms with van der Waals surface area (Å²) in [7, 11) is 4.81. The Balaban J connectivity index is 0. The van der Waals surface area contributed by atoms with Gasteiger partial charge in [0, 0.05) is 0 Å². The van der Waals surface area contributed by atoms with Crippen molar-refractivity contribution in [2.24, 2.45) is 0 Å². The molecular weight excluding hydrogens is 448 g/mol. The predicted octanol–water partition coefficient (Wildman–Crippen LogP) is 0.618. The molecule has 5 nitrogen and oxygen atoms in total. The van der Waals surface area contributed by atoms with Gasteiger partial charge in [0.2, 0.25) is 0 Å². The molecule has 0 heterocycles. The quantitative estimate of drug-likeness (QED) is 0.369. The number of phosphoric ester groups is 1. The Hall–Kier alpha value is -0.930. The van der Waals surface area contributed by atoms with Gasteiger partial charge in [-0.2, -0.15) is 0 Å². The minimum Gasteiger partial charge on any atom is -0.467 e. The van der Waals surface area contributed by atoms with Crippen LogP contribution in [0.3, 0.4) is 0 Å². The normalized spacial score (nSPS) is 16.1. The fraction of sp³-hybridized carbons (Fsp3) is 0.833. The van der Waals surface area contributed by atoms with Crippen molar-refractivity contribution in [3.63, 3.8) is 0 Å². The van der Waals surface area contributed by atoms with E-state index in [4.69, 9.17) is 4.89 Å². The molecule has 7 heteroatoms. The van der Waals surface area contributed by atoms with Crippen LogP contribution in [0, 0.1) is 7.11 Å². The summed E-state index contributed by atoms with van der Waals surface area (Å²) in [6, 6.07) is 0. The third kappa shape index (κ3) is 8.98. The van der Waals surface area contributed by atoms with E-state index in [2.05, 4.69) is 16.2 Å². The second-order valence-corrected chi connectivity index (χ2v) is 4.90. The average molecular weight is 464 g/mol. The molecule has 0 aromatic rings. The molecule has 0 saturated heterocycles. The second kappa shape index (κ2) is 4.94. The summed E-state index contributed by atoms with van der Waals surface area (Å²) < 4.78 is 19.9. The van der Waals surface area contributed by atoms with Gasteiger partial charge in [-0.25, -0.2) is 11.7 Å². The van der Waals surface area contributed by atoms with Crippen LogP contribution in [0.25, 0.3) is 0 Å². The molecule has 0 aromatic heterocycles. The molecule has 1 unspecified atom stereocenters. The van der Waals surface area contributed by atoms with Gasteiger partial charge in [-0.3, -0.25) is 4.52 Å². The second-order valence-electron chi connectivity index (χ2n) is 3.44. The molecule has 0 radical (unpaired) electrons. The van der Waals surface area contributed by atoms with Crippen LogP contribution in [0.1, 0.15) is 0 Å². The fourth-order valence-electron chi connectivity index (χ4n) is 0.467. The van der Waals surface area contributed by atoms with Crippen molar-refractivity contribution < 1.29 is 23.0 Å². The van der Waals surface area contributed by atoms with E-state index in [1.807, 2.05) is 21.1 Å². The van der Waals surface area contributed by atoms with E-state index in [1.54, 1.807) is 0 Å². The van der Waals surface area contributed by atoms with Crippen molar-refractivity contribution in [3.05, 3.63) is 7.11 Å². The van der Waals surface area contributed by atoms with Gasteiger partial charge in [-0.15, -0.1) is 0 Å². The molecule has 13 heavy (non-hydrogen) atoms. The molecule has 0 bridgehead atoms. The first-order valence-electron chi connectivity index (χ1n) is 3.48. The first-order chi connectivity index (χ1) is 5.27. The van der Waals surface area contributed by atoms with Gasteiger partial charge >= 0.3 is 7.82 Å². The van der Waals surface area contributed by atoms with Crippen LogP contribution >= 0.6 is 7.82 Å². The number of nitrogens with zero attached hydrogens (tertiary/aromatic N) is 1. The van der Waals surface area contributed by atoms with Crippen molar-refractivity contribution in [3.8, 4) is 0 Å². The first-order valence-corrected chi connectivity index (χ1v) is 4.98. The minimum absolute atomic E-state index is 0. The minimum atomic E-state index is -3.88. The number of quaternary nitrogens is 1. The Bertz CT molecular complexity index is 182. The summed E-state index contributed by atoms with van der Waals surface area (Å²) in [5, 5.41) is 0. The Morgan fingerprint density at radius 1 is 1.46 bits per heavy atom. The molecule has 0 aliphatic heterocycles. The number of rotatable bonds is 5. The smallest absolute Gasteiger partial charge is 0.441 e. The van der Waals surface area contributed by atoms with Crippen LogP contribution in [0.4, 0.5) is 0 Å². The number of hydrogen-bond donors (Lipinski definition) is 1. The molecule has 0 aliphatic rings. The molecule has 1 N–H and O–H groups in total. The van der Waals surface area contributed by atoms with E-state index >= 15 is 0 Å². The van der Waals surface area contributed by atoms with Crippen molar-refractivity contribution >= 4 is 7.82 Å². The van der Waals surface area contributed by atoms with Crippen LogP contribution in [0.2, 0.25) is 0 Å². The van der Waals surface area contributed by atoms with Crippen molar-refractivity contribution in [2.45, 2.75) is 0 Å². The topological polar surface area (TPSA) is 55.8 Å². The van der Waals surface area contributed by atoms with Gasteiger partial charge in [0.15, 0.2) is 0 Å². The number of hydrogen-bond acceptors (Lipinski definition) is 3. The Morgan fingerprint density at radius 2 is 1.92 bits per heavy atom. The molecule has 1 atom stereocenters. The van der Waals surface area contributed by atoms with Gasteiger partial charge in [0.1, 0.15) is 13.2 Å². The number of likely N-dealkylation sites (N-methyl/N-ethyl adjacent to an activating group) is 1. The fourth-order valence-corrected chi connectivity index (χ4v) is 0.854. The Labute approximate surface area is 73.1 Å². The van der Waals surface area contributed by atoms with E-state index in [1.165, 1.54) is 0 Å². The first kappa shape index (κ1) is 14.6. The molecule has 0 rings (SSSR count). The van der Waals surface area contributed by atoms with Crippen molar-refractivity contribution in [2.75, 3.05) is 34.3 Å².